The lowest BCUT2D eigenvalue weighted by Gasteiger charge is -2.44. The van der Waals surface area contributed by atoms with Crippen LogP contribution in [0.15, 0.2) is 0 Å². The van der Waals surface area contributed by atoms with Crippen LogP contribution in [0.1, 0.15) is 26.2 Å². The van der Waals surface area contributed by atoms with Crippen LogP contribution in [0, 0.1) is 5.92 Å². The van der Waals surface area contributed by atoms with Crippen molar-refractivity contribution < 1.29 is 22.7 Å². The predicted octanol–water partition coefficient (Wildman–Crippen LogP) is 1.55. The number of nitrogens with zero attached hydrogens (tertiary/aromatic N) is 1. The zero-order valence-corrected chi connectivity index (χ0v) is 11.6. The van der Waals surface area contributed by atoms with Gasteiger partial charge in [-0.25, -0.2) is 4.79 Å². The van der Waals surface area contributed by atoms with Gasteiger partial charge in [0, 0.05) is 6.54 Å². The van der Waals surface area contributed by atoms with Gasteiger partial charge in [0.05, 0.1) is 6.04 Å². The first kappa shape index (κ1) is 15.6. The van der Waals surface area contributed by atoms with E-state index < -0.39 is 18.2 Å². The Morgan fingerprint density at radius 3 is 2.45 bits per heavy atom. The Kier molecular flexibility index (Phi) is 4.90. The molecule has 3 unspecified atom stereocenters. The summed E-state index contributed by atoms with van der Waals surface area (Å²) in [5, 5.41) is 3.04. The molecular formula is C13H21F3N2O2. The first-order chi connectivity index (χ1) is 9.39. The smallest absolute Gasteiger partial charge is 0.453 e. The van der Waals surface area contributed by atoms with E-state index in [1.807, 2.05) is 6.92 Å². The summed E-state index contributed by atoms with van der Waals surface area (Å²) in [7, 11) is 0. The number of nitrogens with one attached hydrogen (secondary N) is 1. The first-order valence-corrected chi connectivity index (χ1v) is 7.12. The van der Waals surface area contributed by atoms with Crippen LogP contribution in [0.5, 0.6) is 0 Å². The van der Waals surface area contributed by atoms with Crippen molar-refractivity contribution in [1.29, 1.82) is 0 Å². The molecule has 1 N–H and O–H groups in total. The molecule has 0 aromatic carbocycles. The fourth-order valence-corrected chi connectivity index (χ4v) is 3.19. The molecular weight excluding hydrogens is 273 g/mol. The van der Waals surface area contributed by atoms with Crippen molar-refractivity contribution in [3.05, 3.63) is 0 Å². The molecule has 0 aromatic heterocycles. The molecule has 2 aliphatic rings. The molecule has 4 nitrogen and oxygen atoms in total. The average molecular weight is 294 g/mol. The van der Waals surface area contributed by atoms with Crippen LogP contribution in [-0.2, 0) is 9.53 Å². The van der Waals surface area contributed by atoms with Crippen LogP contribution >= 0.6 is 0 Å². The summed E-state index contributed by atoms with van der Waals surface area (Å²) >= 11 is 0. The van der Waals surface area contributed by atoms with Crippen LogP contribution in [-0.4, -0.2) is 55.4 Å². The van der Waals surface area contributed by atoms with Gasteiger partial charge in [0.15, 0.2) is 0 Å². The largest absolute Gasteiger partial charge is 0.490 e. The van der Waals surface area contributed by atoms with Gasteiger partial charge >= 0.3 is 12.1 Å². The van der Waals surface area contributed by atoms with Gasteiger partial charge in [-0.05, 0) is 38.4 Å². The minimum atomic E-state index is -4.92. The van der Waals surface area contributed by atoms with Gasteiger partial charge in [-0.2, -0.15) is 13.2 Å². The summed E-state index contributed by atoms with van der Waals surface area (Å²) in [6.45, 7) is 4.75. The molecule has 0 saturated carbocycles. The molecule has 0 amide bonds. The lowest BCUT2D eigenvalue weighted by atomic mass is 9.89. The Morgan fingerprint density at radius 2 is 1.85 bits per heavy atom. The van der Waals surface area contributed by atoms with Crippen LogP contribution < -0.4 is 5.32 Å². The number of halogens is 3. The van der Waals surface area contributed by atoms with Crippen molar-refractivity contribution in [3.63, 3.8) is 0 Å². The second kappa shape index (κ2) is 6.30. The molecule has 2 fully saturated rings. The standard InChI is InChI=1S/C13H21F3N2O2/c1-9-7-17-8-10(20-12(19)13(14,15)16)11(9)18-5-3-2-4-6-18/h9-11,17H,2-8H2,1H3. The number of alkyl halides is 3. The van der Waals surface area contributed by atoms with Crippen LogP contribution in [0.25, 0.3) is 0 Å². The Labute approximate surface area is 116 Å². The second-order valence-corrected chi connectivity index (χ2v) is 5.66. The van der Waals surface area contributed by atoms with E-state index in [1.54, 1.807) is 0 Å². The monoisotopic (exact) mass is 294 g/mol. The van der Waals surface area contributed by atoms with E-state index in [1.165, 1.54) is 0 Å². The SMILES string of the molecule is CC1CNCC(OC(=O)C(F)(F)F)C1N1CCCCC1. The third-order valence-electron chi connectivity index (χ3n) is 4.08. The van der Waals surface area contributed by atoms with Crippen molar-refractivity contribution in [1.82, 2.24) is 10.2 Å². The van der Waals surface area contributed by atoms with Crippen molar-refractivity contribution in [2.75, 3.05) is 26.2 Å². The average Bonchev–Trinajstić information content (AvgIpc) is 2.39. The highest BCUT2D eigenvalue weighted by atomic mass is 19.4. The number of carbonyl (C=O) groups excluding carboxylic acids is 1. The quantitative estimate of drug-likeness (QED) is 0.785. The third kappa shape index (κ3) is 3.63. The van der Waals surface area contributed by atoms with E-state index >= 15 is 0 Å². The summed E-state index contributed by atoms with van der Waals surface area (Å²) in [5.74, 6) is -1.92. The van der Waals surface area contributed by atoms with Gasteiger partial charge < -0.3 is 10.1 Å². The zero-order chi connectivity index (χ0) is 14.8. The molecule has 0 aromatic rings. The van der Waals surface area contributed by atoms with Gasteiger partial charge in [0.25, 0.3) is 0 Å². The molecule has 0 bridgehead atoms. The van der Waals surface area contributed by atoms with Crippen LogP contribution in [0.4, 0.5) is 13.2 Å². The van der Waals surface area contributed by atoms with Crippen LogP contribution in [0.2, 0.25) is 0 Å². The number of hydrogen-bond acceptors (Lipinski definition) is 4. The third-order valence-corrected chi connectivity index (χ3v) is 4.08. The molecule has 2 heterocycles. The topological polar surface area (TPSA) is 41.6 Å². The van der Waals surface area contributed by atoms with Crippen LogP contribution in [0.3, 0.4) is 0 Å². The Hall–Kier alpha value is -0.820. The van der Waals surface area contributed by atoms with Gasteiger partial charge in [-0.1, -0.05) is 13.3 Å². The van der Waals surface area contributed by atoms with Crippen molar-refractivity contribution in [2.24, 2.45) is 5.92 Å². The highest BCUT2D eigenvalue weighted by molar-refractivity contribution is 5.75. The normalized spacial score (nSPS) is 32.9. The summed E-state index contributed by atoms with van der Waals surface area (Å²) < 4.78 is 41.8. The fourth-order valence-electron chi connectivity index (χ4n) is 3.19. The predicted molar refractivity (Wildman–Crippen MR) is 67.2 cm³/mol. The molecule has 116 valence electrons. The molecule has 20 heavy (non-hydrogen) atoms. The number of piperidine rings is 2. The summed E-state index contributed by atoms with van der Waals surface area (Å²) in [6.07, 6.45) is -2.39. The molecule has 0 spiro atoms. The Bertz CT molecular complexity index is 343. The minimum Gasteiger partial charge on any atom is -0.453 e. The van der Waals surface area contributed by atoms with E-state index in [0.29, 0.717) is 0 Å². The van der Waals surface area contributed by atoms with Gasteiger partial charge in [0.1, 0.15) is 6.10 Å². The molecule has 3 atom stereocenters. The highest BCUT2D eigenvalue weighted by Crippen LogP contribution is 2.26. The van der Waals surface area contributed by atoms with E-state index in [0.717, 1.165) is 38.9 Å². The number of hydrogen-bond donors (Lipinski definition) is 1. The number of rotatable bonds is 2. The van der Waals surface area contributed by atoms with Gasteiger partial charge in [-0.15, -0.1) is 0 Å². The van der Waals surface area contributed by atoms with E-state index in [2.05, 4.69) is 10.2 Å². The van der Waals surface area contributed by atoms with E-state index in [-0.39, 0.29) is 18.5 Å². The lowest BCUT2D eigenvalue weighted by Crippen LogP contribution is -2.60. The second-order valence-electron chi connectivity index (χ2n) is 5.66. The zero-order valence-electron chi connectivity index (χ0n) is 11.6. The summed E-state index contributed by atoms with van der Waals surface area (Å²) in [6, 6.07) is -0.122. The maximum absolute atomic E-state index is 12.4. The number of likely N-dealkylation sites (tertiary alicyclic amines) is 1. The summed E-state index contributed by atoms with van der Waals surface area (Å²) in [4.78, 5) is 13.3. The minimum absolute atomic E-state index is 0.122. The van der Waals surface area contributed by atoms with Gasteiger partial charge in [-0.3, -0.25) is 4.90 Å². The van der Waals surface area contributed by atoms with Crippen molar-refractivity contribution in [3.8, 4) is 0 Å². The Balaban J connectivity index is 2.05. The molecule has 0 aliphatic carbocycles. The molecule has 2 saturated heterocycles. The molecule has 7 heteroatoms. The molecule has 2 rings (SSSR count). The van der Waals surface area contributed by atoms with Crippen molar-refractivity contribution in [2.45, 2.75) is 44.5 Å². The maximum atomic E-state index is 12.4. The molecule has 2 aliphatic heterocycles. The number of ether oxygens (including phenoxy) is 1. The Morgan fingerprint density at radius 1 is 1.20 bits per heavy atom. The first-order valence-electron chi connectivity index (χ1n) is 7.12. The lowest BCUT2D eigenvalue weighted by molar-refractivity contribution is -0.209. The summed E-state index contributed by atoms with van der Waals surface area (Å²) in [5.41, 5.74) is 0. The van der Waals surface area contributed by atoms with Crippen molar-refractivity contribution >= 4 is 5.97 Å². The van der Waals surface area contributed by atoms with Gasteiger partial charge in [0.2, 0.25) is 0 Å². The number of carbonyl (C=O) groups is 1. The number of esters is 1. The maximum Gasteiger partial charge on any atom is 0.490 e. The molecule has 0 radical (unpaired) electrons. The van der Waals surface area contributed by atoms with E-state index in [9.17, 15) is 18.0 Å². The van der Waals surface area contributed by atoms with E-state index in [4.69, 9.17) is 4.74 Å². The fraction of sp³-hybridized carbons (Fsp3) is 0.923. The highest BCUT2D eigenvalue weighted by Gasteiger charge is 2.45.